The van der Waals surface area contributed by atoms with Gasteiger partial charge in [0, 0.05) is 0 Å². The Kier molecular flexibility index (Phi) is 6.12. The van der Waals surface area contributed by atoms with E-state index in [0.717, 1.165) is 17.7 Å². The highest BCUT2D eigenvalue weighted by Crippen LogP contribution is 2.22. The second-order valence-corrected chi connectivity index (χ2v) is 6.24. The number of nitrogens with one attached hydrogen (secondary N) is 1. The van der Waals surface area contributed by atoms with Gasteiger partial charge in [-0.3, -0.25) is 9.69 Å². The van der Waals surface area contributed by atoms with Crippen molar-refractivity contribution < 1.29 is 9.90 Å². The van der Waals surface area contributed by atoms with Gasteiger partial charge >= 0.3 is 0 Å². The molecule has 2 aromatic rings. The molecule has 0 radical (unpaired) electrons. The maximum absolute atomic E-state index is 12.8. The summed E-state index contributed by atoms with van der Waals surface area (Å²) >= 11 is 0. The van der Waals surface area contributed by atoms with Gasteiger partial charge in [-0.1, -0.05) is 67.6 Å². The third kappa shape index (κ3) is 4.43. The number of hydrogen-bond donors (Lipinski definition) is 2. The highest BCUT2D eigenvalue weighted by Gasteiger charge is 2.28. The fraction of sp³-hybridized carbons (Fsp3) is 0.350. The lowest BCUT2D eigenvalue weighted by Crippen LogP contribution is -2.44. The molecule has 0 aliphatic rings. The Labute approximate surface area is 144 Å². The van der Waals surface area contributed by atoms with E-state index >= 15 is 0 Å². The molecule has 0 aliphatic carbocycles. The third-order valence-electron chi connectivity index (χ3n) is 4.31. The SMILES string of the molecule is CCN(C)C(C(=O)NCC(C)(O)c1ccccc1)c1ccccc1. The second kappa shape index (κ2) is 8.08. The smallest absolute Gasteiger partial charge is 0.242 e. The van der Waals surface area contributed by atoms with Gasteiger partial charge in [0.15, 0.2) is 0 Å². The van der Waals surface area contributed by atoms with Gasteiger partial charge in [-0.05, 0) is 31.6 Å². The normalized spacial score (nSPS) is 14.9. The lowest BCUT2D eigenvalue weighted by Gasteiger charge is -2.29. The van der Waals surface area contributed by atoms with Crippen LogP contribution in [0.1, 0.15) is 31.0 Å². The average molecular weight is 326 g/mol. The quantitative estimate of drug-likeness (QED) is 0.822. The number of carbonyl (C=O) groups is 1. The number of carbonyl (C=O) groups excluding carboxylic acids is 1. The Hall–Kier alpha value is -2.17. The van der Waals surface area contributed by atoms with Crippen molar-refractivity contribution in [2.45, 2.75) is 25.5 Å². The number of aliphatic hydroxyl groups is 1. The van der Waals surface area contributed by atoms with E-state index in [-0.39, 0.29) is 18.5 Å². The average Bonchev–Trinajstić information content (AvgIpc) is 2.62. The first kappa shape index (κ1) is 18.2. The van der Waals surface area contributed by atoms with Crippen LogP contribution in [0.2, 0.25) is 0 Å². The van der Waals surface area contributed by atoms with E-state index in [4.69, 9.17) is 0 Å². The monoisotopic (exact) mass is 326 g/mol. The summed E-state index contributed by atoms with van der Waals surface area (Å²) in [5.41, 5.74) is 0.618. The van der Waals surface area contributed by atoms with Crippen LogP contribution in [-0.2, 0) is 10.4 Å². The third-order valence-corrected chi connectivity index (χ3v) is 4.31. The number of likely N-dealkylation sites (N-methyl/N-ethyl adjacent to an activating group) is 1. The molecular weight excluding hydrogens is 300 g/mol. The fourth-order valence-electron chi connectivity index (χ4n) is 2.68. The van der Waals surface area contributed by atoms with Crippen LogP contribution in [0.3, 0.4) is 0 Å². The molecule has 0 saturated heterocycles. The number of nitrogens with zero attached hydrogens (tertiary/aromatic N) is 1. The summed E-state index contributed by atoms with van der Waals surface area (Å²) in [6, 6.07) is 18.7. The largest absolute Gasteiger partial charge is 0.384 e. The minimum absolute atomic E-state index is 0.109. The summed E-state index contributed by atoms with van der Waals surface area (Å²) in [4.78, 5) is 14.7. The lowest BCUT2D eigenvalue weighted by molar-refractivity contribution is -0.127. The number of amides is 1. The van der Waals surface area contributed by atoms with Crippen molar-refractivity contribution in [3.05, 3.63) is 71.8 Å². The van der Waals surface area contributed by atoms with Gasteiger partial charge in [-0.25, -0.2) is 0 Å². The van der Waals surface area contributed by atoms with Gasteiger partial charge in [-0.15, -0.1) is 0 Å². The van der Waals surface area contributed by atoms with E-state index < -0.39 is 5.60 Å². The van der Waals surface area contributed by atoms with Crippen molar-refractivity contribution in [3.8, 4) is 0 Å². The molecule has 2 N–H and O–H groups in total. The minimum Gasteiger partial charge on any atom is -0.384 e. The number of benzene rings is 2. The predicted octanol–water partition coefficient (Wildman–Crippen LogP) is 2.70. The zero-order chi connectivity index (χ0) is 17.6. The van der Waals surface area contributed by atoms with E-state index in [1.165, 1.54) is 0 Å². The molecule has 4 heteroatoms. The molecule has 2 rings (SSSR count). The van der Waals surface area contributed by atoms with Crippen LogP contribution in [-0.4, -0.2) is 36.1 Å². The van der Waals surface area contributed by atoms with E-state index in [1.807, 2.05) is 79.5 Å². The van der Waals surface area contributed by atoms with Crippen LogP contribution >= 0.6 is 0 Å². The van der Waals surface area contributed by atoms with Gasteiger partial charge < -0.3 is 10.4 Å². The number of rotatable bonds is 7. The Morgan fingerprint density at radius 3 is 2.21 bits per heavy atom. The van der Waals surface area contributed by atoms with Crippen LogP contribution in [0.5, 0.6) is 0 Å². The molecule has 0 spiro atoms. The molecule has 0 bridgehead atoms. The van der Waals surface area contributed by atoms with Gasteiger partial charge in [0.25, 0.3) is 0 Å². The van der Waals surface area contributed by atoms with E-state index in [9.17, 15) is 9.90 Å². The van der Waals surface area contributed by atoms with Crippen molar-refractivity contribution in [3.63, 3.8) is 0 Å². The summed E-state index contributed by atoms with van der Waals surface area (Å²) < 4.78 is 0. The minimum atomic E-state index is -1.11. The summed E-state index contributed by atoms with van der Waals surface area (Å²) in [5.74, 6) is -0.109. The molecule has 0 aromatic heterocycles. The highest BCUT2D eigenvalue weighted by atomic mass is 16.3. The van der Waals surface area contributed by atoms with E-state index in [2.05, 4.69) is 5.32 Å². The molecule has 0 heterocycles. The molecule has 24 heavy (non-hydrogen) atoms. The Morgan fingerprint density at radius 2 is 1.67 bits per heavy atom. The molecule has 4 nitrogen and oxygen atoms in total. The van der Waals surface area contributed by atoms with Gasteiger partial charge in [0.05, 0.1) is 6.54 Å². The number of hydrogen-bond acceptors (Lipinski definition) is 3. The summed E-state index contributed by atoms with van der Waals surface area (Å²) in [5, 5.41) is 13.6. The van der Waals surface area contributed by atoms with Crippen LogP contribution < -0.4 is 5.32 Å². The maximum atomic E-state index is 12.8. The van der Waals surface area contributed by atoms with Crippen LogP contribution in [0.15, 0.2) is 60.7 Å². The van der Waals surface area contributed by atoms with Crippen LogP contribution in [0.25, 0.3) is 0 Å². The lowest BCUT2D eigenvalue weighted by atomic mass is 9.95. The van der Waals surface area contributed by atoms with Crippen molar-refractivity contribution in [2.75, 3.05) is 20.1 Å². The van der Waals surface area contributed by atoms with Crippen LogP contribution in [0, 0.1) is 0 Å². The molecule has 1 amide bonds. The molecule has 0 fully saturated rings. The predicted molar refractivity (Wildman–Crippen MR) is 96.5 cm³/mol. The topological polar surface area (TPSA) is 52.6 Å². The van der Waals surface area contributed by atoms with Gasteiger partial charge in [0.2, 0.25) is 5.91 Å². The zero-order valence-corrected chi connectivity index (χ0v) is 14.6. The Morgan fingerprint density at radius 1 is 1.12 bits per heavy atom. The first-order valence-corrected chi connectivity index (χ1v) is 8.26. The van der Waals surface area contributed by atoms with Crippen molar-refractivity contribution in [2.24, 2.45) is 0 Å². The molecular formula is C20H26N2O2. The molecule has 2 atom stereocenters. The zero-order valence-electron chi connectivity index (χ0n) is 14.6. The van der Waals surface area contributed by atoms with Gasteiger partial charge in [-0.2, -0.15) is 0 Å². The first-order chi connectivity index (χ1) is 11.5. The van der Waals surface area contributed by atoms with Crippen molar-refractivity contribution in [1.29, 1.82) is 0 Å². The first-order valence-electron chi connectivity index (χ1n) is 8.26. The molecule has 2 aromatic carbocycles. The second-order valence-electron chi connectivity index (χ2n) is 6.24. The van der Waals surface area contributed by atoms with E-state index in [0.29, 0.717) is 0 Å². The molecule has 0 saturated carbocycles. The van der Waals surface area contributed by atoms with Crippen LogP contribution in [0.4, 0.5) is 0 Å². The van der Waals surface area contributed by atoms with E-state index in [1.54, 1.807) is 6.92 Å². The van der Waals surface area contributed by atoms with Crippen molar-refractivity contribution in [1.82, 2.24) is 10.2 Å². The Balaban J connectivity index is 2.11. The molecule has 0 aliphatic heterocycles. The van der Waals surface area contributed by atoms with Gasteiger partial charge in [0.1, 0.15) is 11.6 Å². The molecule has 2 unspecified atom stereocenters. The summed E-state index contributed by atoms with van der Waals surface area (Å²) in [6.45, 7) is 4.64. The standard InChI is InChI=1S/C20H26N2O2/c1-4-22(3)18(16-11-7-5-8-12-16)19(23)21-15-20(2,24)17-13-9-6-10-14-17/h5-14,18,24H,4,15H2,1-3H3,(H,21,23). The van der Waals surface area contributed by atoms with Crippen molar-refractivity contribution >= 4 is 5.91 Å². The fourth-order valence-corrected chi connectivity index (χ4v) is 2.68. The maximum Gasteiger partial charge on any atom is 0.242 e. The highest BCUT2D eigenvalue weighted by molar-refractivity contribution is 5.83. The summed E-state index contributed by atoms with van der Waals surface area (Å²) in [6.07, 6.45) is 0. The molecule has 128 valence electrons. The Bertz CT molecular complexity index is 641. The summed E-state index contributed by atoms with van der Waals surface area (Å²) in [7, 11) is 1.92.